The second-order valence-corrected chi connectivity index (χ2v) is 3.95. The number of hydrogen-bond acceptors (Lipinski definition) is 4. The summed E-state index contributed by atoms with van der Waals surface area (Å²) in [6.45, 7) is 2.28. The third kappa shape index (κ3) is 2.90. The molecule has 5 nitrogen and oxygen atoms in total. The van der Waals surface area contributed by atoms with Crippen molar-refractivity contribution < 1.29 is 13.9 Å². The topological polar surface area (TPSA) is 70.1 Å². The Bertz CT molecular complexity index is 595. The van der Waals surface area contributed by atoms with Crippen molar-refractivity contribution in [1.29, 1.82) is 0 Å². The molecule has 0 unspecified atom stereocenters. The number of carbonyl (C=O) groups excluding carboxylic acids is 1. The first-order valence-corrected chi connectivity index (χ1v) is 5.84. The van der Waals surface area contributed by atoms with Gasteiger partial charge in [0.1, 0.15) is 17.2 Å². The Morgan fingerprint density at radius 2 is 2.32 bits per heavy atom. The molecule has 2 aromatic rings. The molecule has 0 saturated heterocycles. The number of halogens is 1. The number of ether oxygens (including phenoxy) is 1. The van der Waals surface area contributed by atoms with Gasteiger partial charge in [-0.3, -0.25) is 0 Å². The molecular formula is C13H14FN3O2. The minimum atomic E-state index is -0.509. The molecule has 6 heteroatoms. The summed E-state index contributed by atoms with van der Waals surface area (Å²) in [6, 6.07) is 6.12. The first kappa shape index (κ1) is 13.1. The van der Waals surface area contributed by atoms with Gasteiger partial charge in [0.15, 0.2) is 0 Å². The van der Waals surface area contributed by atoms with Crippen molar-refractivity contribution in [2.24, 2.45) is 0 Å². The molecule has 0 aliphatic heterocycles. The Hall–Kier alpha value is -2.37. The summed E-state index contributed by atoms with van der Waals surface area (Å²) in [5, 5.41) is 4.01. The number of esters is 1. The van der Waals surface area contributed by atoms with E-state index in [1.165, 1.54) is 23.0 Å². The van der Waals surface area contributed by atoms with Gasteiger partial charge in [-0.25, -0.2) is 13.9 Å². The van der Waals surface area contributed by atoms with E-state index in [1.54, 1.807) is 19.1 Å². The first-order valence-electron chi connectivity index (χ1n) is 5.84. The summed E-state index contributed by atoms with van der Waals surface area (Å²) in [6.07, 6.45) is 1.35. The molecule has 0 aliphatic carbocycles. The summed E-state index contributed by atoms with van der Waals surface area (Å²) < 4.78 is 19.4. The van der Waals surface area contributed by atoms with Gasteiger partial charge in [-0.15, -0.1) is 0 Å². The van der Waals surface area contributed by atoms with E-state index in [2.05, 4.69) is 5.10 Å². The molecule has 0 fully saturated rings. The van der Waals surface area contributed by atoms with Crippen molar-refractivity contribution in [2.45, 2.75) is 13.5 Å². The van der Waals surface area contributed by atoms with Crippen molar-refractivity contribution in [3.8, 4) is 0 Å². The maximum atomic E-state index is 13.1. The number of rotatable bonds is 4. The molecular weight excluding hydrogens is 249 g/mol. The van der Waals surface area contributed by atoms with Crippen LogP contribution in [0.4, 0.5) is 10.2 Å². The smallest absolute Gasteiger partial charge is 0.343 e. The molecule has 0 saturated carbocycles. The van der Waals surface area contributed by atoms with Crippen molar-refractivity contribution in [3.63, 3.8) is 0 Å². The van der Waals surface area contributed by atoms with E-state index in [1.807, 2.05) is 0 Å². The van der Waals surface area contributed by atoms with Crippen LogP contribution in [0.25, 0.3) is 0 Å². The van der Waals surface area contributed by atoms with E-state index >= 15 is 0 Å². The zero-order valence-electron chi connectivity index (χ0n) is 10.5. The largest absolute Gasteiger partial charge is 0.462 e. The van der Waals surface area contributed by atoms with Gasteiger partial charge >= 0.3 is 5.97 Å². The van der Waals surface area contributed by atoms with Crippen LogP contribution in [0.1, 0.15) is 22.8 Å². The van der Waals surface area contributed by atoms with E-state index in [9.17, 15) is 9.18 Å². The fourth-order valence-electron chi connectivity index (χ4n) is 1.70. The Balaban J connectivity index is 2.20. The quantitative estimate of drug-likeness (QED) is 0.854. The molecule has 1 aromatic carbocycles. The van der Waals surface area contributed by atoms with Gasteiger partial charge in [-0.2, -0.15) is 5.10 Å². The van der Waals surface area contributed by atoms with Crippen molar-refractivity contribution in [1.82, 2.24) is 9.78 Å². The Morgan fingerprint density at radius 1 is 1.53 bits per heavy atom. The molecule has 0 amide bonds. The number of nitrogens with zero attached hydrogens (tertiary/aromatic N) is 2. The first-order chi connectivity index (χ1) is 9.11. The second-order valence-electron chi connectivity index (χ2n) is 3.95. The highest BCUT2D eigenvalue weighted by molar-refractivity contribution is 5.93. The van der Waals surface area contributed by atoms with Crippen LogP contribution in [0.2, 0.25) is 0 Å². The number of anilines is 1. The summed E-state index contributed by atoms with van der Waals surface area (Å²) in [5.41, 5.74) is 6.76. The Labute approximate surface area is 109 Å². The highest BCUT2D eigenvalue weighted by Crippen LogP contribution is 2.15. The van der Waals surface area contributed by atoms with Crippen LogP contribution in [0.3, 0.4) is 0 Å². The normalized spacial score (nSPS) is 10.4. The van der Waals surface area contributed by atoms with Crippen LogP contribution < -0.4 is 5.73 Å². The van der Waals surface area contributed by atoms with Crippen molar-refractivity contribution >= 4 is 11.8 Å². The van der Waals surface area contributed by atoms with Gasteiger partial charge in [-0.05, 0) is 24.6 Å². The lowest BCUT2D eigenvalue weighted by Crippen LogP contribution is -2.10. The lowest BCUT2D eigenvalue weighted by atomic mass is 10.2. The number of carbonyl (C=O) groups is 1. The predicted octanol–water partition coefficient (Wildman–Crippen LogP) is 1.83. The molecule has 0 radical (unpaired) electrons. The highest BCUT2D eigenvalue weighted by Gasteiger charge is 2.16. The number of nitrogen functional groups attached to an aromatic ring is 1. The van der Waals surface area contributed by atoms with Gasteiger partial charge in [0.2, 0.25) is 0 Å². The summed E-state index contributed by atoms with van der Waals surface area (Å²) in [7, 11) is 0. The zero-order chi connectivity index (χ0) is 13.8. The average Bonchev–Trinajstić information content (AvgIpc) is 2.71. The third-order valence-electron chi connectivity index (χ3n) is 2.60. The Morgan fingerprint density at radius 3 is 3.00 bits per heavy atom. The number of benzene rings is 1. The van der Waals surface area contributed by atoms with Gasteiger partial charge in [-0.1, -0.05) is 12.1 Å². The van der Waals surface area contributed by atoms with E-state index in [-0.39, 0.29) is 23.8 Å². The van der Waals surface area contributed by atoms with Crippen LogP contribution in [0.15, 0.2) is 30.5 Å². The minimum absolute atomic E-state index is 0.211. The van der Waals surface area contributed by atoms with Gasteiger partial charge in [0.05, 0.1) is 19.3 Å². The lowest BCUT2D eigenvalue weighted by Gasteiger charge is -2.05. The van der Waals surface area contributed by atoms with E-state index in [4.69, 9.17) is 10.5 Å². The van der Waals surface area contributed by atoms with Crippen LogP contribution in [0.5, 0.6) is 0 Å². The zero-order valence-corrected chi connectivity index (χ0v) is 10.5. The standard InChI is InChI=1S/C13H14FN3O2/c1-2-19-13(18)11-7-16-17(12(11)15)8-9-4-3-5-10(14)6-9/h3-7H,2,8,15H2,1H3. The fraction of sp³-hybridized carbons (Fsp3) is 0.231. The monoisotopic (exact) mass is 263 g/mol. The van der Waals surface area contributed by atoms with E-state index in [0.717, 1.165) is 0 Å². The molecule has 0 aliphatic rings. The maximum absolute atomic E-state index is 13.1. The molecule has 1 aromatic heterocycles. The molecule has 2 rings (SSSR count). The number of aromatic nitrogens is 2. The molecule has 0 bridgehead atoms. The van der Waals surface area contributed by atoms with E-state index < -0.39 is 5.97 Å². The maximum Gasteiger partial charge on any atom is 0.343 e. The highest BCUT2D eigenvalue weighted by atomic mass is 19.1. The molecule has 2 N–H and O–H groups in total. The number of hydrogen-bond donors (Lipinski definition) is 1. The van der Waals surface area contributed by atoms with Crippen LogP contribution >= 0.6 is 0 Å². The van der Waals surface area contributed by atoms with Gasteiger partial charge < -0.3 is 10.5 Å². The Kier molecular flexibility index (Phi) is 3.79. The van der Waals surface area contributed by atoms with Crippen molar-refractivity contribution in [3.05, 3.63) is 47.4 Å². The molecule has 0 atom stereocenters. The molecule has 0 spiro atoms. The molecule has 100 valence electrons. The van der Waals surface area contributed by atoms with Crippen LogP contribution in [0, 0.1) is 5.82 Å². The van der Waals surface area contributed by atoms with E-state index in [0.29, 0.717) is 12.1 Å². The minimum Gasteiger partial charge on any atom is -0.462 e. The summed E-state index contributed by atoms with van der Waals surface area (Å²) in [5.74, 6) is -0.623. The molecule has 19 heavy (non-hydrogen) atoms. The van der Waals surface area contributed by atoms with Crippen LogP contribution in [-0.4, -0.2) is 22.4 Å². The van der Waals surface area contributed by atoms with Gasteiger partial charge in [0.25, 0.3) is 0 Å². The van der Waals surface area contributed by atoms with Gasteiger partial charge in [0, 0.05) is 0 Å². The lowest BCUT2D eigenvalue weighted by molar-refractivity contribution is 0.0527. The second kappa shape index (κ2) is 5.51. The summed E-state index contributed by atoms with van der Waals surface area (Å²) in [4.78, 5) is 11.6. The number of nitrogens with two attached hydrogens (primary N) is 1. The summed E-state index contributed by atoms with van der Waals surface area (Å²) >= 11 is 0. The van der Waals surface area contributed by atoms with Crippen molar-refractivity contribution in [2.75, 3.05) is 12.3 Å². The fourth-order valence-corrected chi connectivity index (χ4v) is 1.70. The predicted molar refractivity (Wildman–Crippen MR) is 68.1 cm³/mol. The SMILES string of the molecule is CCOC(=O)c1cnn(Cc2cccc(F)c2)c1N. The third-order valence-corrected chi connectivity index (χ3v) is 2.60. The van der Waals surface area contributed by atoms with Crippen LogP contribution in [-0.2, 0) is 11.3 Å². The molecule has 1 heterocycles. The average molecular weight is 263 g/mol.